The first-order chi connectivity index (χ1) is 8.97. The molecule has 0 radical (unpaired) electrons. The Kier molecular flexibility index (Phi) is 5.92. The zero-order valence-corrected chi connectivity index (χ0v) is 11.5. The van der Waals surface area contributed by atoms with Gasteiger partial charge in [0.2, 0.25) is 5.91 Å². The third-order valence-electron chi connectivity index (χ3n) is 2.96. The van der Waals surface area contributed by atoms with Crippen LogP contribution in [0, 0.1) is 5.82 Å². The lowest BCUT2D eigenvalue weighted by molar-refractivity contribution is -0.132. The molecular weight excluding hydrogens is 249 g/mol. The summed E-state index contributed by atoms with van der Waals surface area (Å²) >= 11 is 0. The molecule has 0 aliphatic carbocycles. The van der Waals surface area contributed by atoms with Gasteiger partial charge in [-0.05, 0) is 18.6 Å². The van der Waals surface area contributed by atoms with Crippen LogP contribution < -0.4 is 0 Å². The molecule has 1 aromatic rings. The first-order valence-corrected chi connectivity index (χ1v) is 6.13. The highest BCUT2D eigenvalue weighted by Crippen LogP contribution is 2.20. The van der Waals surface area contributed by atoms with E-state index in [2.05, 4.69) is 0 Å². The number of ether oxygens (including phenoxy) is 1. The average Bonchev–Trinajstić information content (AvgIpc) is 2.37. The smallest absolute Gasteiger partial charge is 0.229 e. The fourth-order valence-electron chi connectivity index (χ4n) is 1.94. The largest absolute Gasteiger partial charge is 0.389 e. The van der Waals surface area contributed by atoms with Crippen molar-refractivity contribution in [3.05, 3.63) is 35.6 Å². The van der Waals surface area contributed by atoms with Crippen molar-refractivity contribution in [1.29, 1.82) is 0 Å². The van der Waals surface area contributed by atoms with Crippen molar-refractivity contribution in [2.24, 2.45) is 0 Å². The summed E-state index contributed by atoms with van der Waals surface area (Å²) in [4.78, 5) is 13.5. The van der Waals surface area contributed by atoms with E-state index < -0.39 is 17.8 Å². The van der Waals surface area contributed by atoms with Crippen LogP contribution in [0.4, 0.5) is 4.39 Å². The quantitative estimate of drug-likeness (QED) is 0.849. The maximum atomic E-state index is 13.6. The SMILES string of the molecule is COC[C@@H](O)CN(C)C(=O)[C@@H](C)c1ccccc1F. The molecule has 0 heterocycles. The number of benzene rings is 1. The molecule has 1 N–H and O–H groups in total. The topological polar surface area (TPSA) is 49.8 Å². The summed E-state index contributed by atoms with van der Waals surface area (Å²) in [5, 5.41) is 9.58. The number of likely N-dealkylation sites (N-methyl/N-ethyl adjacent to an activating group) is 1. The Morgan fingerprint density at radius 1 is 1.47 bits per heavy atom. The van der Waals surface area contributed by atoms with Gasteiger partial charge in [0.05, 0.1) is 18.6 Å². The second kappa shape index (κ2) is 7.21. The van der Waals surface area contributed by atoms with Crippen LogP contribution in [0.2, 0.25) is 0 Å². The number of carbonyl (C=O) groups is 1. The number of methoxy groups -OCH3 is 1. The lowest BCUT2D eigenvalue weighted by Gasteiger charge is -2.24. The summed E-state index contributed by atoms with van der Waals surface area (Å²) < 4.78 is 18.4. The minimum atomic E-state index is -0.744. The predicted molar refractivity (Wildman–Crippen MR) is 70.3 cm³/mol. The molecule has 1 amide bonds. The summed E-state index contributed by atoms with van der Waals surface area (Å²) in [6.45, 7) is 1.97. The summed E-state index contributed by atoms with van der Waals surface area (Å²) in [5.41, 5.74) is 0.362. The predicted octanol–water partition coefficient (Wildman–Crippen LogP) is 1.39. The number of aliphatic hydroxyl groups excluding tert-OH is 1. The molecule has 0 aliphatic heterocycles. The standard InChI is InChI=1S/C14H20FNO3/c1-10(12-6-4-5-7-13(12)15)14(18)16(2)8-11(17)9-19-3/h4-7,10-11,17H,8-9H2,1-3H3/t10-,11-/m0/s1. The van der Waals surface area contributed by atoms with E-state index in [0.29, 0.717) is 5.56 Å². The van der Waals surface area contributed by atoms with E-state index >= 15 is 0 Å². The number of amides is 1. The van der Waals surface area contributed by atoms with Gasteiger partial charge in [-0.1, -0.05) is 18.2 Å². The van der Waals surface area contributed by atoms with Gasteiger partial charge in [0.1, 0.15) is 5.82 Å². The number of hydrogen-bond acceptors (Lipinski definition) is 3. The van der Waals surface area contributed by atoms with Crippen molar-refractivity contribution in [2.45, 2.75) is 18.9 Å². The molecule has 1 aromatic carbocycles. The lowest BCUT2D eigenvalue weighted by Crippen LogP contribution is -2.38. The minimum absolute atomic E-state index is 0.158. The van der Waals surface area contributed by atoms with Crippen LogP contribution in [0.25, 0.3) is 0 Å². The van der Waals surface area contributed by atoms with Gasteiger partial charge in [-0.2, -0.15) is 0 Å². The van der Waals surface area contributed by atoms with Gasteiger partial charge < -0.3 is 14.7 Å². The van der Waals surface area contributed by atoms with Gasteiger partial charge in [0, 0.05) is 20.7 Å². The number of rotatable bonds is 6. The fourth-order valence-corrected chi connectivity index (χ4v) is 1.94. The van der Waals surface area contributed by atoms with Gasteiger partial charge in [-0.25, -0.2) is 4.39 Å². The second-order valence-corrected chi connectivity index (χ2v) is 4.57. The van der Waals surface area contributed by atoms with Gasteiger partial charge in [-0.15, -0.1) is 0 Å². The number of halogens is 1. The van der Waals surface area contributed by atoms with Crippen LogP contribution >= 0.6 is 0 Å². The van der Waals surface area contributed by atoms with Crippen LogP contribution in [0.15, 0.2) is 24.3 Å². The molecule has 5 heteroatoms. The summed E-state index contributed by atoms with van der Waals surface area (Å²) in [6, 6.07) is 6.21. The molecule has 0 saturated carbocycles. The number of hydrogen-bond donors (Lipinski definition) is 1. The van der Waals surface area contributed by atoms with E-state index in [1.165, 1.54) is 18.1 Å². The number of nitrogens with zero attached hydrogens (tertiary/aromatic N) is 1. The Hall–Kier alpha value is -1.46. The van der Waals surface area contributed by atoms with Crippen molar-refractivity contribution >= 4 is 5.91 Å². The third-order valence-corrected chi connectivity index (χ3v) is 2.96. The molecule has 19 heavy (non-hydrogen) atoms. The number of carbonyl (C=O) groups excluding carboxylic acids is 1. The summed E-state index contributed by atoms with van der Waals surface area (Å²) in [6.07, 6.45) is -0.744. The minimum Gasteiger partial charge on any atom is -0.389 e. The maximum absolute atomic E-state index is 13.6. The molecule has 0 saturated heterocycles. The highest BCUT2D eigenvalue weighted by atomic mass is 19.1. The van der Waals surface area contributed by atoms with E-state index in [9.17, 15) is 14.3 Å². The van der Waals surface area contributed by atoms with Crippen LogP contribution in [0.1, 0.15) is 18.4 Å². The lowest BCUT2D eigenvalue weighted by atomic mass is 9.99. The van der Waals surface area contributed by atoms with Crippen LogP contribution in [0.5, 0.6) is 0 Å². The zero-order valence-electron chi connectivity index (χ0n) is 11.5. The maximum Gasteiger partial charge on any atom is 0.229 e. The van der Waals surface area contributed by atoms with Gasteiger partial charge in [0.15, 0.2) is 0 Å². The number of aliphatic hydroxyl groups is 1. The first-order valence-electron chi connectivity index (χ1n) is 6.13. The molecule has 4 nitrogen and oxygen atoms in total. The Bertz CT molecular complexity index is 425. The highest BCUT2D eigenvalue weighted by Gasteiger charge is 2.23. The summed E-state index contributed by atoms with van der Waals surface area (Å²) in [7, 11) is 3.06. The van der Waals surface area contributed by atoms with Crippen molar-refractivity contribution in [3.63, 3.8) is 0 Å². The van der Waals surface area contributed by atoms with Crippen molar-refractivity contribution in [3.8, 4) is 0 Å². The van der Waals surface area contributed by atoms with Crippen LogP contribution in [-0.2, 0) is 9.53 Å². The molecule has 0 aromatic heterocycles. The van der Waals surface area contributed by atoms with E-state index in [-0.39, 0.29) is 19.1 Å². The second-order valence-electron chi connectivity index (χ2n) is 4.57. The molecule has 0 fully saturated rings. The van der Waals surface area contributed by atoms with E-state index in [1.807, 2.05) is 0 Å². The van der Waals surface area contributed by atoms with Crippen LogP contribution in [0.3, 0.4) is 0 Å². The Balaban J connectivity index is 2.69. The molecule has 0 aliphatic rings. The summed E-state index contributed by atoms with van der Waals surface area (Å²) in [5.74, 6) is -1.21. The molecule has 1 rings (SSSR count). The molecule has 106 valence electrons. The Morgan fingerprint density at radius 2 is 2.11 bits per heavy atom. The molecule has 2 atom stereocenters. The first kappa shape index (κ1) is 15.6. The normalized spacial score (nSPS) is 13.9. The fraction of sp³-hybridized carbons (Fsp3) is 0.500. The Labute approximate surface area is 112 Å². The monoisotopic (exact) mass is 269 g/mol. The van der Waals surface area contributed by atoms with Crippen molar-refractivity contribution in [2.75, 3.05) is 27.3 Å². The molecule has 0 spiro atoms. The Morgan fingerprint density at radius 3 is 2.68 bits per heavy atom. The highest BCUT2D eigenvalue weighted by molar-refractivity contribution is 5.83. The van der Waals surface area contributed by atoms with Gasteiger partial charge in [-0.3, -0.25) is 4.79 Å². The van der Waals surface area contributed by atoms with Gasteiger partial charge >= 0.3 is 0 Å². The van der Waals surface area contributed by atoms with Crippen molar-refractivity contribution in [1.82, 2.24) is 4.90 Å². The van der Waals surface area contributed by atoms with Gasteiger partial charge in [0.25, 0.3) is 0 Å². The van der Waals surface area contributed by atoms with E-state index in [0.717, 1.165) is 0 Å². The van der Waals surface area contributed by atoms with Crippen molar-refractivity contribution < 1.29 is 19.0 Å². The van der Waals surface area contributed by atoms with E-state index in [4.69, 9.17) is 4.74 Å². The average molecular weight is 269 g/mol. The zero-order chi connectivity index (χ0) is 14.4. The van der Waals surface area contributed by atoms with E-state index in [1.54, 1.807) is 32.2 Å². The molecular formula is C14H20FNO3. The molecule has 0 unspecified atom stereocenters. The van der Waals surface area contributed by atoms with Crippen LogP contribution in [-0.4, -0.2) is 49.3 Å². The third kappa shape index (κ3) is 4.29. The molecule has 0 bridgehead atoms.